The van der Waals surface area contributed by atoms with Crippen molar-refractivity contribution in [3.63, 3.8) is 0 Å². The summed E-state index contributed by atoms with van der Waals surface area (Å²) >= 11 is 0. The molecule has 0 aromatic heterocycles. The zero-order valence-corrected chi connectivity index (χ0v) is 11.6. The highest BCUT2D eigenvalue weighted by atomic mass is 16.1. The molecule has 104 valence electrons. The zero-order chi connectivity index (χ0) is 13.7. The van der Waals surface area contributed by atoms with E-state index in [0.29, 0.717) is 18.5 Å². The Morgan fingerprint density at radius 2 is 2.11 bits per heavy atom. The molecule has 0 heterocycles. The molecule has 1 amide bonds. The first-order valence-corrected chi connectivity index (χ1v) is 7.25. The van der Waals surface area contributed by atoms with Gasteiger partial charge >= 0.3 is 0 Å². The summed E-state index contributed by atoms with van der Waals surface area (Å²) in [6, 6.07) is 10.9. The molecule has 1 saturated carbocycles. The first kappa shape index (κ1) is 14.1. The summed E-state index contributed by atoms with van der Waals surface area (Å²) in [6.45, 7) is 2.30. The molecule has 3 nitrogen and oxygen atoms in total. The van der Waals surface area contributed by atoms with Gasteiger partial charge in [-0.1, -0.05) is 43.7 Å². The average molecular weight is 260 g/mol. The highest BCUT2D eigenvalue weighted by Gasteiger charge is 2.29. The minimum atomic E-state index is -0.0852. The van der Waals surface area contributed by atoms with Crippen LogP contribution in [0.5, 0.6) is 0 Å². The molecule has 1 fully saturated rings. The molecule has 2 rings (SSSR count). The summed E-state index contributed by atoms with van der Waals surface area (Å²) < 4.78 is 0. The Balaban J connectivity index is 1.92. The van der Waals surface area contributed by atoms with Gasteiger partial charge in [-0.2, -0.15) is 0 Å². The van der Waals surface area contributed by atoms with Crippen LogP contribution in [0.1, 0.15) is 31.7 Å². The van der Waals surface area contributed by atoms with Gasteiger partial charge in [-0.15, -0.1) is 0 Å². The summed E-state index contributed by atoms with van der Waals surface area (Å²) in [4.78, 5) is 11.9. The smallest absolute Gasteiger partial charge is 0.224 e. The first-order valence-electron chi connectivity index (χ1n) is 7.25. The van der Waals surface area contributed by atoms with Crippen molar-refractivity contribution in [1.82, 2.24) is 5.32 Å². The molecule has 19 heavy (non-hydrogen) atoms. The number of carbonyl (C=O) groups is 1. The Bertz CT molecular complexity index is 404. The summed E-state index contributed by atoms with van der Waals surface area (Å²) in [6.07, 6.45) is 4.57. The zero-order valence-electron chi connectivity index (χ0n) is 11.6. The van der Waals surface area contributed by atoms with Crippen molar-refractivity contribution < 1.29 is 4.79 Å². The maximum absolute atomic E-state index is 11.9. The lowest BCUT2D eigenvalue weighted by Crippen LogP contribution is -2.42. The molecule has 0 aliphatic heterocycles. The fourth-order valence-electron chi connectivity index (χ4n) is 2.82. The Morgan fingerprint density at radius 3 is 2.79 bits per heavy atom. The molecule has 1 aromatic carbocycles. The Morgan fingerprint density at radius 1 is 1.37 bits per heavy atom. The van der Waals surface area contributed by atoms with Gasteiger partial charge in [0.05, 0.1) is 0 Å². The molecule has 0 radical (unpaired) electrons. The number of nitrogens with two attached hydrogens (primary N) is 1. The van der Waals surface area contributed by atoms with Gasteiger partial charge < -0.3 is 11.1 Å². The van der Waals surface area contributed by atoms with E-state index < -0.39 is 0 Å². The minimum Gasteiger partial charge on any atom is -0.353 e. The number of hydrogen-bond donors (Lipinski definition) is 2. The van der Waals surface area contributed by atoms with Crippen molar-refractivity contribution >= 4 is 5.91 Å². The van der Waals surface area contributed by atoms with Crippen LogP contribution >= 0.6 is 0 Å². The molecule has 1 aromatic rings. The Kier molecular flexibility index (Phi) is 4.97. The summed E-state index contributed by atoms with van der Waals surface area (Å²) in [5.74, 6) is 0.585. The second-order valence-electron chi connectivity index (χ2n) is 5.63. The summed E-state index contributed by atoms with van der Waals surface area (Å²) in [5, 5.41) is 3.18. The van der Waals surface area contributed by atoms with E-state index in [4.69, 9.17) is 5.73 Å². The molecule has 3 N–H and O–H groups in total. The number of hydrogen-bond acceptors (Lipinski definition) is 2. The molecule has 3 heteroatoms. The van der Waals surface area contributed by atoms with Gasteiger partial charge in [0, 0.05) is 18.5 Å². The first-order chi connectivity index (χ1) is 9.20. The fraction of sp³-hybridized carbons (Fsp3) is 0.562. The van der Waals surface area contributed by atoms with Gasteiger partial charge in [-0.05, 0) is 30.7 Å². The molecule has 3 atom stereocenters. The van der Waals surface area contributed by atoms with E-state index in [0.717, 1.165) is 12.8 Å². The van der Waals surface area contributed by atoms with E-state index in [1.54, 1.807) is 0 Å². The SMILES string of the molecule is CC(CN)C(=O)NC1CCCC1Cc1ccccc1. The van der Waals surface area contributed by atoms with Gasteiger partial charge in [0.1, 0.15) is 0 Å². The van der Waals surface area contributed by atoms with Gasteiger partial charge in [-0.3, -0.25) is 4.79 Å². The number of nitrogens with one attached hydrogen (secondary N) is 1. The van der Waals surface area contributed by atoms with Crippen molar-refractivity contribution in [3.8, 4) is 0 Å². The number of amides is 1. The average Bonchev–Trinajstić information content (AvgIpc) is 2.86. The molecule has 0 saturated heterocycles. The van der Waals surface area contributed by atoms with Crippen LogP contribution in [0.25, 0.3) is 0 Å². The third-order valence-electron chi connectivity index (χ3n) is 4.13. The van der Waals surface area contributed by atoms with E-state index in [1.165, 1.54) is 18.4 Å². The van der Waals surface area contributed by atoms with E-state index in [1.807, 2.05) is 13.0 Å². The third-order valence-corrected chi connectivity index (χ3v) is 4.13. The van der Waals surface area contributed by atoms with Gasteiger partial charge in [-0.25, -0.2) is 0 Å². The monoisotopic (exact) mass is 260 g/mol. The van der Waals surface area contributed by atoms with Gasteiger partial charge in [0.2, 0.25) is 5.91 Å². The molecule has 1 aliphatic carbocycles. The van der Waals surface area contributed by atoms with Crippen LogP contribution < -0.4 is 11.1 Å². The van der Waals surface area contributed by atoms with Crippen LogP contribution in [0.2, 0.25) is 0 Å². The molecular formula is C16H24N2O. The van der Waals surface area contributed by atoms with Crippen molar-refractivity contribution in [2.24, 2.45) is 17.6 Å². The quantitative estimate of drug-likeness (QED) is 0.852. The van der Waals surface area contributed by atoms with Crippen LogP contribution in [0.15, 0.2) is 30.3 Å². The maximum Gasteiger partial charge on any atom is 0.224 e. The van der Waals surface area contributed by atoms with Crippen LogP contribution in [0, 0.1) is 11.8 Å². The van der Waals surface area contributed by atoms with Crippen molar-refractivity contribution in [1.29, 1.82) is 0 Å². The molecule has 1 aliphatic rings. The van der Waals surface area contributed by atoms with E-state index in [9.17, 15) is 4.79 Å². The summed E-state index contributed by atoms with van der Waals surface area (Å²) in [7, 11) is 0. The van der Waals surface area contributed by atoms with Gasteiger partial charge in [0.25, 0.3) is 0 Å². The third kappa shape index (κ3) is 3.80. The fourth-order valence-corrected chi connectivity index (χ4v) is 2.82. The van der Waals surface area contributed by atoms with E-state index >= 15 is 0 Å². The van der Waals surface area contributed by atoms with Crippen LogP contribution in [0.3, 0.4) is 0 Å². The second kappa shape index (κ2) is 6.71. The largest absolute Gasteiger partial charge is 0.353 e. The van der Waals surface area contributed by atoms with Crippen molar-refractivity contribution in [3.05, 3.63) is 35.9 Å². The predicted molar refractivity (Wildman–Crippen MR) is 77.6 cm³/mol. The predicted octanol–water partition coefficient (Wildman–Crippen LogP) is 2.11. The topological polar surface area (TPSA) is 55.1 Å². The number of benzene rings is 1. The highest BCUT2D eigenvalue weighted by molar-refractivity contribution is 5.78. The Hall–Kier alpha value is -1.35. The molecule has 0 spiro atoms. The summed E-state index contributed by atoms with van der Waals surface area (Å²) in [5.41, 5.74) is 6.91. The lowest BCUT2D eigenvalue weighted by Gasteiger charge is -2.22. The number of carbonyl (C=O) groups excluding carboxylic acids is 1. The molecule has 3 unspecified atom stereocenters. The normalized spacial score (nSPS) is 24.1. The second-order valence-corrected chi connectivity index (χ2v) is 5.63. The van der Waals surface area contributed by atoms with Crippen LogP contribution in [-0.2, 0) is 11.2 Å². The van der Waals surface area contributed by atoms with Gasteiger partial charge in [0.15, 0.2) is 0 Å². The lowest BCUT2D eigenvalue weighted by molar-refractivity contribution is -0.125. The van der Waals surface area contributed by atoms with Crippen molar-refractivity contribution in [2.75, 3.05) is 6.54 Å². The van der Waals surface area contributed by atoms with Crippen LogP contribution in [-0.4, -0.2) is 18.5 Å². The molecular weight excluding hydrogens is 236 g/mol. The van der Waals surface area contributed by atoms with E-state index in [2.05, 4.69) is 29.6 Å². The highest BCUT2D eigenvalue weighted by Crippen LogP contribution is 2.29. The number of rotatable bonds is 5. The van der Waals surface area contributed by atoms with Crippen LogP contribution in [0.4, 0.5) is 0 Å². The lowest BCUT2D eigenvalue weighted by atomic mass is 9.94. The van der Waals surface area contributed by atoms with Crippen molar-refractivity contribution in [2.45, 2.75) is 38.6 Å². The van der Waals surface area contributed by atoms with E-state index in [-0.39, 0.29) is 11.8 Å². The minimum absolute atomic E-state index is 0.0852. The molecule has 0 bridgehead atoms. The Labute approximate surface area is 115 Å². The standard InChI is InChI=1S/C16H24N2O/c1-12(11-17)16(19)18-15-9-5-8-14(15)10-13-6-3-2-4-7-13/h2-4,6-7,12,14-15H,5,8-11,17H2,1H3,(H,18,19). The maximum atomic E-state index is 11.9.